The molecule has 1 unspecified atom stereocenters. The summed E-state index contributed by atoms with van der Waals surface area (Å²) in [5.41, 5.74) is 0. The zero-order chi connectivity index (χ0) is 4.83. The van der Waals surface area contributed by atoms with Crippen molar-refractivity contribution >= 4 is 15.3 Å². The lowest BCUT2D eigenvalue weighted by molar-refractivity contribution is 1.16. The van der Waals surface area contributed by atoms with Gasteiger partial charge in [-0.2, -0.15) is 0 Å². The van der Waals surface area contributed by atoms with E-state index < -0.39 is 0 Å². The molecule has 0 aromatic heterocycles. The molecule has 0 aliphatic rings. The molecular weight excluding hydrogens is 93.0 g/mol. The first-order valence-electron chi connectivity index (χ1n) is 1.99. The monoisotopic (exact) mass is 103 g/mol. The van der Waals surface area contributed by atoms with Crippen LogP contribution in [0.4, 0.5) is 0 Å². The van der Waals surface area contributed by atoms with E-state index in [4.69, 9.17) is 0 Å². The van der Waals surface area contributed by atoms with E-state index in [1.54, 1.807) is 0 Å². The topological polar surface area (TPSA) is 12.4 Å². The molecule has 1 atom stereocenters. The van der Waals surface area contributed by atoms with E-state index in [9.17, 15) is 0 Å². The summed E-state index contributed by atoms with van der Waals surface area (Å²) >= 11 is 0. The normalized spacial score (nSPS) is 10.2. The van der Waals surface area contributed by atoms with Crippen LogP contribution in [0.3, 0.4) is 0 Å². The summed E-state index contributed by atoms with van der Waals surface area (Å²) in [7, 11) is 1.03. The summed E-state index contributed by atoms with van der Waals surface area (Å²) in [6.45, 7) is 6.46. The maximum atomic E-state index is 3.68. The van der Waals surface area contributed by atoms with Gasteiger partial charge in [-0.3, -0.25) is 0 Å². The second-order valence-electron chi connectivity index (χ2n) is 1.05. The fraction of sp³-hybridized carbons (Fsp3) is 0.750. The van der Waals surface area contributed by atoms with Crippen molar-refractivity contribution in [3.63, 3.8) is 0 Å². The molecule has 0 aliphatic heterocycles. The summed E-state index contributed by atoms with van der Waals surface area (Å²) in [4.78, 5) is 3.68. The van der Waals surface area contributed by atoms with Gasteiger partial charge >= 0.3 is 0 Å². The van der Waals surface area contributed by atoms with Gasteiger partial charge < -0.3 is 4.99 Å². The predicted octanol–water partition coefficient (Wildman–Crippen LogP) is 0.995. The minimum absolute atomic E-state index is 0.939. The number of rotatable bonds is 3. The minimum atomic E-state index is 0.939. The lowest BCUT2D eigenvalue weighted by atomic mass is 10.8. The third kappa shape index (κ3) is 4.10. The van der Waals surface area contributed by atoms with Gasteiger partial charge in [0.25, 0.3) is 0 Å². The van der Waals surface area contributed by atoms with Crippen molar-refractivity contribution in [2.75, 3.05) is 19.4 Å². The molecule has 0 aromatic rings. The van der Waals surface area contributed by atoms with Gasteiger partial charge in [0.05, 0.1) is 0 Å². The van der Waals surface area contributed by atoms with Crippen LogP contribution in [0.5, 0.6) is 0 Å². The quantitative estimate of drug-likeness (QED) is 0.287. The highest BCUT2D eigenvalue weighted by atomic mass is 31.1. The average Bonchev–Trinajstić information content (AvgIpc) is 1.61. The van der Waals surface area contributed by atoms with Crippen LogP contribution in [-0.4, -0.2) is 26.1 Å². The zero-order valence-corrected chi connectivity index (χ0v) is 5.07. The van der Waals surface area contributed by atoms with E-state index in [2.05, 4.69) is 18.4 Å². The summed E-state index contributed by atoms with van der Waals surface area (Å²) < 4.78 is 0. The van der Waals surface area contributed by atoms with Crippen LogP contribution in [0, 0.1) is 0 Å². The van der Waals surface area contributed by atoms with E-state index in [0.717, 1.165) is 15.1 Å². The number of hydrogen-bond donors (Lipinski definition) is 0. The molecule has 0 saturated carbocycles. The molecule has 0 radical (unpaired) electrons. The second kappa shape index (κ2) is 5.10. The molecule has 0 aromatic carbocycles. The molecule has 36 valence electrons. The average molecular weight is 103 g/mol. The largest absolute Gasteiger partial charge is 0.301 e. The van der Waals surface area contributed by atoms with Crippen LogP contribution in [0.2, 0.25) is 0 Å². The van der Waals surface area contributed by atoms with Gasteiger partial charge in [-0.15, -0.1) is 8.58 Å². The molecular formula is C4H10NP. The van der Waals surface area contributed by atoms with E-state index in [-0.39, 0.29) is 0 Å². The summed E-state index contributed by atoms with van der Waals surface area (Å²) in [5.74, 6) is 0. The Labute approximate surface area is 40.6 Å². The van der Waals surface area contributed by atoms with Crippen molar-refractivity contribution < 1.29 is 0 Å². The van der Waals surface area contributed by atoms with Gasteiger partial charge in [0.15, 0.2) is 0 Å². The van der Waals surface area contributed by atoms with Gasteiger partial charge in [0, 0.05) is 6.54 Å². The predicted molar refractivity (Wildman–Crippen MR) is 33.5 cm³/mol. The number of aliphatic imine (C=N–C) groups is 1. The third-order valence-electron chi connectivity index (χ3n) is 0.520. The van der Waals surface area contributed by atoms with Crippen LogP contribution < -0.4 is 0 Å². The van der Waals surface area contributed by atoms with Gasteiger partial charge in [-0.25, -0.2) is 0 Å². The zero-order valence-electron chi connectivity index (χ0n) is 4.07. The lowest BCUT2D eigenvalue weighted by Gasteiger charge is -1.83. The van der Waals surface area contributed by atoms with E-state index >= 15 is 0 Å². The summed E-state index contributed by atoms with van der Waals surface area (Å²) in [5, 5.41) is 0. The fourth-order valence-electron chi connectivity index (χ4n) is 0.191. The van der Waals surface area contributed by atoms with Crippen LogP contribution in [0.25, 0.3) is 0 Å². The molecule has 0 saturated heterocycles. The Morgan fingerprint density at radius 3 is 2.67 bits per heavy atom. The smallest absolute Gasteiger partial charge is 0.0418 e. The number of hydrogen-bond acceptors (Lipinski definition) is 1. The maximum absolute atomic E-state index is 3.68. The Morgan fingerprint density at radius 1 is 1.83 bits per heavy atom. The van der Waals surface area contributed by atoms with Gasteiger partial charge in [-0.1, -0.05) is 0 Å². The first-order valence-corrected chi connectivity index (χ1v) is 3.69. The van der Waals surface area contributed by atoms with Crippen LogP contribution in [0.15, 0.2) is 4.99 Å². The van der Waals surface area contributed by atoms with E-state index in [1.807, 2.05) is 0 Å². The number of nitrogens with zero attached hydrogens (tertiary/aromatic N) is 1. The molecule has 0 bridgehead atoms. The van der Waals surface area contributed by atoms with Crippen molar-refractivity contribution in [2.45, 2.75) is 0 Å². The van der Waals surface area contributed by atoms with Gasteiger partial charge in [-0.05, 0) is 19.5 Å². The lowest BCUT2D eigenvalue weighted by Crippen LogP contribution is -1.77. The molecule has 6 heavy (non-hydrogen) atoms. The van der Waals surface area contributed by atoms with Crippen LogP contribution in [0.1, 0.15) is 0 Å². The van der Waals surface area contributed by atoms with Gasteiger partial charge in [0.2, 0.25) is 0 Å². The first-order chi connectivity index (χ1) is 2.91. The van der Waals surface area contributed by atoms with Crippen molar-refractivity contribution in [1.82, 2.24) is 0 Å². The van der Waals surface area contributed by atoms with Crippen LogP contribution >= 0.6 is 8.58 Å². The molecule has 2 heteroatoms. The molecule has 0 amide bonds. The minimum Gasteiger partial charge on any atom is -0.301 e. The Hall–Kier alpha value is 0.100. The fourth-order valence-corrected chi connectivity index (χ4v) is 0.573. The second-order valence-corrected chi connectivity index (χ2v) is 2.26. The third-order valence-corrected chi connectivity index (χ3v) is 1.24. The Bertz CT molecular complexity index is 36.5. The highest BCUT2D eigenvalue weighted by Crippen LogP contribution is 1.98. The summed E-state index contributed by atoms with van der Waals surface area (Å²) in [6.07, 6.45) is 1.21. The molecule has 0 spiro atoms. The van der Waals surface area contributed by atoms with Crippen molar-refractivity contribution in [3.05, 3.63) is 0 Å². The standard InChI is InChI=1S/C4H10NP/c1-5-3-4-6-2/h6H,1,3-4H2,2H3. The van der Waals surface area contributed by atoms with Crippen molar-refractivity contribution in [2.24, 2.45) is 4.99 Å². The Balaban J connectivity index is 2.49. The molecule has 0 heterocycles. The Morgan fingerprint density at radius 2 is 2.50 bits per heavy atom. The van der Waals surface area contributed by atoms with E-state index in [0.29, 0.717) is 0 Å². The van der Waals surface area contributed by atoms with Gasteiger partial charge in [0.1, 0.15) is 0 Å². The Kier molecular flexibility index (Phi) is 5.18. The van der Waals surface area contributed by atoms with Crippen molar-refractivity contribution in [1.29, 1.82) is 0 Å². The molecule has 0 rings (SSSR count). The highest BCUT2D eigenvalue weighted by Gasteiger charge is 1.71. The SMILES string of the molecule is C=NCCPC. The molecule has 0 fully saturated rings. The van der Waals surface area contributed by atoms with E-state index in [1.165, 1.54) is 6.16 Å². The first kappa shape index (κ1) is 6.10. The molecule has 0 aliphatic carbocycles. The highest BCUT2D eigenvalue weighted by molar-refractivity contribution is 7.37. The maximum Gasteiger partial charge on any atom is 0.0418 e. The van der Waals surface area contributed by atoms with Crippen molar-refractivity contribution in [3.8, 4) is 0 Å². The summed E-state index contributed by atoms with van der Waals surface area (Å²) in [6, 6.07) is 0. The molecule has 0 N–H and O–H groups in total. The molecule has 1 nitrogen and oxygen atoms in total. The van der Waals surface area contributed by atoms with Crippen LogP contribution in [-0.2, 0) is 0 Å².